The van der Waals surface area contributed by atoms with Crippen LogP contribution in [0, 0.1) is 0 Å². The molecule has 1 heterocycles. The normalized spacial score (nSPS) is 20.0. The summed E-state index contributed by atoms with van der Waals surface area (Å²) in [5, 5.41) is 10.4. The molecule has 1 saturated carbocycles. The fourth-order valence-electron chi connectivity index (χ4n) is 4.67. The average molecular weight is 525 g/mol. The molecule has 0 bridgehead atoms. The van der Waals surface area contributed by atoms with Gasteiger partial charge in [-0.25, -0.2) is 4.98 Å². The highest BCUT2D eigenvalue weighted by molar-refractivity contribution is 8.00. The summed E-state index contributed by atoms with van der Waals surface area (Å²) >= 11 is 5.29. The van der Waals surface area contributed by atoms with Crippen LogP contribution in [0.1, 0.15) is 49.8 Å². The lowest BCUT2D eigenvalue weighted by molar-refractivity contribution is -0.0328. The van der Waals surface area contributed by atoms with Crippen LogP contribution < -0.4 is 20.9 Å². The second-order valence-corrected chi connectivity index (χ2v) is 10.8. The third kappa shape index (κ3) is 7.36. The van der Waals surface area contributed by atoms with E-state index in [4.69, 9.17) is 22.2 Å². The van der Waals surface area contributed by atoms with Gasteiger partial charge in [0.15, 0.2) is 5.11 Å². The lowest BCUT2D eigenvalue weighted by Crippen LogP contribution is -2.42. The van der Waals surface area contributed by atoms with E-state index in [1.165, 1.54) is 36.2 Å². The number of aromatic nitrogens is 2. The number of nitrogens with zero attached hydrogens (tertiary/aromatic N) is 3. The molecular formula is C24H31F3N6S2. The second kappa shape index (κ2) is 11.2. The number of alkyl halides is 3. The van der Waals surface area contributed by atoms with Gasteiger partial charge in [-0.3, -0.25) is 0 Å². The van der Waals surface area contributed by atoms with Gasteiger partial charge in [-0.05, 0) is 99.6 Å². The van der Waals surface area contributed by atoms with Crippen molar-refractivity contribution in [2.45, 2.75) is 73.9 Å². The molecule has 1 aromatic carbocycles. The molecular weight excluding hydrogens is 493 g/mol. The van der Waals surface area contributed by atoms with Crippen molar-refractivity contribution in [3.05, 3.63) is 35.5 Å². The van der Waals surface area contributed by atoms with Crippen molar-refractivity contribution in [1.82, 2.24) is 15.3 Å². The number of benzene rings is 1. The largest absolute Gasteiger partial charge is 0.446 e. The summed E-state index contributed by atoms with van der Waals surface area (Å²) in [4.78, 5) is 11.9. The van der Waals surface area contributed by atoms with Crippen molar-refractivity contribution in [1.29, 1.82) is 0 Å². The summed E-state index contributed by atoms with van der Waals surface area (Å²) < 4.78 is 37.4. The highest BCUT2D eigenvalue weighted by Gasteiger charge is 2.29. The predicted octanol–water partition coefficient (Wildman–Crippen LogP) is 5.74. The van der Waals surface area contributed by atoms with Crippen LogP contribution in [0.15, 0.2) is 29.2 Å². The van der Waals surface area contributed by atoms with E-state index in [1.807, 2.05) is 14.1 Å². The Hall–Kier alpha value is -2.27. The van der Waals surface area contributed by atoms with E-state index in [1.54, 1.807) is 12.1 Å². The quantitative estimate of drug-likeness (QED) is 0.327. The minimum atomic E-state index is -4.29. The maximum Gasteiger partial charge on any atom is 0.446 e. The molecule has 190 valence electrons. The smallest absolute Gasteiger partial charge is 0.362 e. The molecule has 0 spiro atoms. The third-order valence-corrected chi connectivity index (χ3v) is 7.29. The lowest BCUT2D eigenvalue weighted by atomic mass is 9.91. The molecule has 1 aromatic heterocycles. The first-order valence-electron chi connectivity index (χ1n) is 11.9. The zero-order valence-electron chi connectivity index (χ0n) is 19.9. The molecule has 0 amide bonds. The maximum atomic E-state index is 12.5. The van der Waals surface area contributed by atoms with E-state index in [2.05, 4.69) is 20.9 Å². The van der Waals surface area contributed by atoms with E-state index in [-0.39, 0.29) is 22.7 Å². The maximum absolute atomic E-state index is 12.5. The molecule has 0 saturated heterocycles. The van der Waals surface area contributed by atoms with Crippen molar-refractivity contribution < 1.29 is 13.2 Å². The molecule has 0 aliphatic heterocycles. The fourth-order valence-corrected chi connectivity index (χ4v) is 5.49. The van der Waals surface area contributed by atoms with Gasteiger partial charge in [-0.15, -0.1) is 0 Å². The number of halogens is 3. The number of nitrogens with one attached hydrogen (secondary N) is 3. The van der Waals surface area contributed by atoms with Gasteiger partial charge in [0.1, 0.15) is 5.82 Å². The van der Waals surface area contributed by atoms with Crippen LogP contribution in [0.5, 0.6) is 0 Å². The van der Waals surface area contributed by atoms with E-state index in [0.29, 0.717) is 16.8 Å². The Morgan fingerprint density at radius 2 is 1.66 bits per heavy atom. The Morgan fingerprint density at radius 1 is 1.00 bits per heavy atom. The van der Waals surface area contributed by atoms with Gasteiger partial charge in [0, 0.05) is 42.3 Å². The molecule has 0 atom stereocenters. The van der Waals surface area contributed by atoms with Crippen molar-refractivity contribution >= 4 is 46.5 Å². The summed E-state index contributed by atoms with van der Waals surface area (Å²) in [6.07, 6.45) is 8.28. The van der Waals surface area contributed by atoms with E-state index in [9.17, 15) is 13.2 Å². The fraction of sp³-hybridized carbons (Fsp3) is 0.542. The summed E-state index contributed by atoms with van der Waals surface area (Å²) in [5.41, 5.74) is -1.17. The van der Waals surface area contributed by atoms with Gasteiger partial charge in [0.05, 0.1) is 5.69 Å². The number of hydrogen-bond acceptors (Lipinski definition) is 6. The minimum Gasteiger partial charge on any atom is -0.362 e. The van der Waals surface area contributed by atoms with Crippen molar-refractivity contribution in [2.75, 3.05) is 29.6 Å². The van der Waals surface area contributed by atoms with Crippen LogP contribution in [-0.4, -0.2) is 46.8 Å². The molecule has 1 fully saturated rings. The molecule has 4 rings (SSSR count). The number of hydrogen-bond donors (Lipinski definition) is 3. The van der Waals surface area contributed by atoms with Crippen LogP contribution >= 0.6 is 24.0 Å². The van der Waals surface area contributed by atoms with Crippen molar-refractivity contribution in [3.63, 3.8) is 0 Å². The average Bonchev–Trinajstić information content (AvgIpc) is 2.80. The number of thiocarbonyl (C=S) groups is 1. The zero-order chi connectivity index (χ0) is 25.0. The third-order valence-electron chi connectivity index (χ3n) is 6.33. The Morgan fingerprint density at radius 3 is 2.31 bits per heavy atom. The summed E-state index contributed by atoms with van der Waals surface area (Å²) in [6.45, 7) is 0. The van der Waals surface area contributed by atoms with Crippen LogP contribution in [0.25, 0.3) is 0 Å². The Balaban J connectivity index is 1.25. The van der Waals surface area contributed by atoms with Crippen LogP contribution in [0.3, 0.4) is 0 Å². The van der Waals surface area contributed by atoms with E-state index >= 15 is 0 Å². The molecule has 0 radical (unpaired) electrons. The predicted molar refractivity (Wildman–Crippen MR) is 140 cm³/mol. The number of fused-ring (bicyclic) bond motifs is 1. The summed E-state index contributed by atoms with van der Waals surface area (Å²) in [5.74, 6) is 1.74. The standard InChI is InChI=1S/C24H31F3N6S2/c1-33(2)21-19-5-3-4-6-20(19)31-22(32-21)28-15-7-9-16(10-8-15)29-23(34)30-17-11-13-18(14-12-17)35-24(25,26)27/h11-16H,3-10H2,1-2H3,(H,28,31,32)(H2,29,30,34)/t15-,16+. The van der Waals surface area contributed by atoms with Crippen molar-refractivity contribution in [2.24, 2.45) is 0 Å². The van der Waals surface area contributed by atoms with E-state index in [0.717, 1.165) is 50.3 Å². The SMILES string of the molecule is CN(C)c1nc(N[C@H]2CC[C@@H](NC(=S)Nc3ccc(SC(F)(F)F)cc3)CC2)nc2c1CCCC2. The first kappa shape index (κ1) is 25.8. The Kier molecular flexibility index (Phi) is 8.26. The van der Waals surface area contributed by atoms with E-state index < -0.39 is 5.51 Å². The summed E-state index contributed by atoms with van der Waals surface area (Å²) in [7, 11) is 4.06. The molecule has 2 aliphatic rings. The molecule has 0 unspecified atom stereocenters. The number of rotatable bonds is 6. The number of anilines is 3. The molecule has 2 aliphatic carbocycles. The van der Waals surface area contributed by atoms with Gasteiger partial charge in [-0.2, -0.15) is 18.2 Å². The number of thioether (sulfide) groups is 1. The molecule has 35 heavy (non-hydrogen) atoms. The van der Waals surface area contributed by atoms with Gasteiger partial charge < -0.3 is 20.9 Å². The Labute approximate surface area is 213 Å². The minimum absolute atomic E-state index is 0.127. The highest BCUT2D eigenvalue weighted by Crippen LogP contribution is 2.37. The molecule has 2 aromatic rings. The topological polar surface area (TPSA) is 65.1 Å². The second-order valence-electron chi connectivity index (χ2n) is 9.26. The van der Waals surface area contributed by atoms with Crippen LogP contribution in [0.4, 0.5) is 30.6 Å². The number of aryl methyl sites for hydroxylation is 1. The summed E-state index contributed by atoms with van der Waals surface area (Å²) in [6, 6.07) is 6.63. The first-order valence-corrected chi connectivity index (χ1v) is 13.2. The highest BCUT2D eigenvalue weighted by atomic mass is 32.2. The molecule has 3 N–H and O–H groups in total. The van der Waals surface area contributed by atoms with Gasteiger partial charge >= 0.3 is 5.51 Å². The lowest BCUT2D eigenvalue weighted by Gasteiger charge is -2.31. The monoisotopic (exact) mass is 524 g/mol. The Bertz CT molecular complexity index is 1020. The molecule has 6 nitrogen and oxygen atoms in total. The van der Waals surface area contributed by atoms with Crippen LogP contribution in [0.2, 0.25) is 0 Å². The van der Waals surface area contributed by atoms with Crippen molar-refractivity contribution in [3.8, 4) is 0 Å². The van der Waals surface area contributed by atoms with Gasteiger partial charge in [0.2, 0.25) is 5.95 Å². The van der Waals surface area contributed by atoms with Gasteiger partial charge in [-0.1, -0.05) is 0 Å². The molecule has 11 heteroatoms. The van der Waals surface area contributed by atoms with Gasteiger partial charge in [0.25, 0.3) is 0 Å². The zero-order valence-corrected chi connectivity index (χ0v) is 21.5. The van der Waals surface area contributed by atoms with Crippen LogP contribution in [-0.2, 0) is 12.8 Å². The first-order chi connectivity index (χ1) is 16.7.